The molecule has 1 N–H and O–H groups in total. The van der Waals surface area contributed by atoms with Gasteiger partial charge in [-0.05, 0) is 43.0 Å². The summed E-state index contributed by atoms with van der Waals surface area (Å²) in [5.74, 6) is 0.906. The van der Waals surface area contributed by atoms with Crippen molar-refractivity contribution in [1.82, 2.24) is 10.2 Å². The van der Waals surface area contributed by atoms with E-state index in [0.717, 1.165) is 37.7 Å². The summed E-state index contributed by atoms with van der Waals surface area (Å²) in [7, 11) is 3.15. The summed E-state index contributed by atoms with van der Waals surface area (Å²) in [5, 5.41) is 3.24. The van der Waals surface area contributed by atoms with Gasteiger partial charge in [0.15, 0.2) is 11.5 Å². The smallest absolute Gasteiger partial charge is 0.247 e. The molecule has 3 rings (SSSR count). The lowest BCUT2D eigenvalue weighted by Gasteiger charge is -2.33. The summed E-state index contributed by atoms with van der Waals surface area (Å²) in [6.45, 7) is 2.74. The molecule has 1 aliphatic carbocycles. The van der Waals surface area contributed by atoms with Crippen LogP contribution in [0.25, 0.3) is 0 Å². The van der Waals surface area contributed by atoms with Gasteiger partial charge >= 0.3 is 0 Å². The van der Waals surface area contributed by atoms with E-state index in [2.05, 4.69) is 5.32 Å². The van der Waals surface area contributed by atoms with Crippen LogP contribution in [0.1, 0.15) is 69.0 Å². The van der Waals surface area contributed by atoms with Crippen LogP contribution in [0.4, 0.5) is 0 Å². The molecule has 0 bridgehead atoms. The summed E-state index contributed by atoms with van der Waals surface area (Å²) in [6, 6.07) is 12.0. The van der Waals surface area contributed by atoms with Crippen LogP contribution in [-0.4, -0.2) is 49.5 Å². The van der Waals surface area contributed by atoms with Crippen LogP contribution >= 0.6 is 11.6 Å². The minimum Gasteiger partial charge on any atom is -0.496 e. The van der Waals surface area contributed by atoms with Crippen LogP contribution in [0, 0.1) is 0 Å². The largest absolute Gasteiger partial charge is 0.496 e. The van der Waals surface area contributed by atoms with Gasteiger partial charge in [-0.1, -0.05) is 56.9 Å². The van der Waals surface area contributed by atoms with E-state index in [1.807, 2.05) is 37.3 Å². The third kappa shape index (κ3) is 7.78. The molecule has 2 aromatic rings. The Morgan fingerprint density at radius 1 is 1.00 bits per heavy atom. The highest BCUT2D eigenvalue weighted by Crippen LogP contribution is 2.34. The number of carbonyl (C=O) groups excluding carboxylic acids is 2. The van der Waals surface area contributed by atoms with E-state index >= 15 is 0 Å². The number of hydrogen-bond acceptors (Lipinski definition) is 5. The summed E-state index contributed by atoms with van der Waals surface area (Å²) in [6.07, 6.45) is 7.24. The van der Waals surface area contributed by atoms with E-state index in [1.165, 1.54) is 17.7 Å². The van der Waals surface area contributed by atoms with Crippen molar-refractivity contribution in [2.45, 2.75) is 70.5 Å². The van der Waals surface area contributed by atoms with E-state index in [-0.39, 0.29) is 30.3 Å². The quantitative estimate of drug-likeness (QED) is 0.284. The maximum absolute atomic E-state index is 13.9. The summed E-state index contributed by atoms with van der Waals surface area (Å²) in [5.41, 5.74) is 1.41. The molecule has 0 aromatic heterocycles. The lowest BCUT2D eigenvalue weighted by molar-refractivity contribution is -0.140. The second-order valence-electron chi connectivity index (χ2n) is 9.33. The molecule has 8 heteroatoms. The van der Waals surface area contributed by atoms with Crippen LogP contribution in [0.5, 0.6) is 17.2 Å². The third-order valence-electron chi connectivity index (χ3n) is 6.69. The Hall–Kier alpha value is -2.93. The van der Waals surface area contributed by atoms with Crippen molar-refractivity contribution in [2.75, 3.05) is 26.7 Å². The normalized spacial score (nSPS) is 14.8. The van der Waals surface area contributed by atoms with Crippen LogP contribution in [0.15, 0.2) is 42.5 Å². The van der Waals surface area contributed by atoms with Crippen molar-refractivity contribution in [3.63, 3.8) is 0 Å². The monoisotopic (exact) mass is 530 g/mol. The first-order valence-corrected chi connectivity index (χ1v) is 13.6. The number of nitrogens with zero attached hydrogens (tertiary/aromatic N) is 1. The first kappa shape index (κ1) is 28.6. The van der Waals surface area contributed by atoms with Gasteiger partial charge in [-0.3, -0.25) is 9.59 Å². The summed E-state index contributed by atoms with van der Waals surface area (Å²) < 4.78 is 16.9. The zero-order chi connectivity index (χ0) is 26.6. The summed E-state index contributed by atoms with van der Waals surface area (Å²) in [4.78, 5) is 28.7. The van der Waals surface area contributed by atoms with Gasteiger partial charge in [0.05, 0.1) is 27.4 Å². The fourth-order valence-electron chi connectivity index (χ4n) is 4.78. The number of rotatable bonds is 12. The maximum Gasteiger partial charge on any atom is 0.247 e. The van der Waals surface area contributed by atoms with Crippen molar-refractivity contribution in [2.24, 2.45) is 0 Å². The molecule has 2 aromatic carbocycles. The van der Waals surface area contributed by atoms with Crippen molar-refractivity contribution < 1.29 is 23.8 Å². The van der Waals surface area contributed by atoms with Crippen molar-refractivity contribution in [3.05, 3.63) is 53.6 Å². The fourth-order valence-corrected chi connectivity index (χ4v) is 4.93. The molecule has 37 heavy (non-hydrogen) atoms. The first-order valence-electron chi connectivity index (χ1n) is 13.1. The Balaban J connectivity index is 2.03. The van der Waals surface area contributed by atoms with Crippen molar-refractivity contribution in [3.8, 4) is 17.2 Å². The van der Waals surface area contributed by atoms with Crippen LogP contribution in [0.2, 0.25) is 0 Å². The minimum absolute atomic E-state index is 0.0748. The van der Waals surface area contributed by atoms with Crippen LogP contribution in [-0.2, 0) is 16.1 Å². The number of amides is 2. The lowest BCUT2D eigenvalue weighted by atomic mass is 10.0. The molecular formula is C29H39ClN2O5. The van der Waals surface area contributed by atoms with Gasteiger partial charge in [-0.2, -0.15) is 0 Å². The Morgan fingerprint density at radius 3 is 2.35 bits per heavy atom. The van der Waals surface area contributed by atoms with E-state index in [9.17, 15) is 9.59 Å². The number of methoxy groups -OCH3 is 2. The predicted molar refractivity (Wildman–Crippen MR) is 145 cm³/mol. The first-order chi connectivity index (χ1) is 18.0. The molecule has 0 heterocycles. The number of carbonyl (C=O) groups is 2. The number of halogens is 1. The number of para-hydroxylation sites is 1. The molecule has 0 unspecified atom stereocenters. The van der Waals surface area contributed by atoms with E-state index in [0.29, 0.717) is 29.4 Å². The molecular weight excluding hydrogens is 492 g/mol. The van der Waals surface area contributed by atoms with Gasteiger partial charge in [0.2, 0.25) is 11.8 Å². The molecule has 0 radical (unpaired) electrons. The molecule has 7 nitrogen and oxygen atoms in total. The topological polar surface area (TPSA) is 77.1 Å². The molecule has 0 aliphatic heterocycles. The van der Waals surface area contributed by atoms with Gasteiger partial charge in [0.1, 0.15) is 17.7 Å². The Bertz CT molecular complexity index is 1020. The molecule has 1 atom stereocenters. The Morgan fingerprint density at radius 2 is 1.70 bits per heavy atom. The maximum atomic E-state index is 13.9. The molecule has 1 aliphatic rings. The molecule has 1 fully saturated rings. The molecule has 0 spiro atoms. The van der Waals surface area contributed by atoms with Crippen molar-refractivity contribution >= 4 is 23.4 Å². The SMILES string of the molecule is CCCOc1ccc([C@H](C(=O)NC2CCCCCC2)N(Cc2ccccc2OC)C(=O)CCl)cc1OC. The standard InChI is InChI=1S/C29H39ClN2O5/c1-4-17-37-25-16-15-21(18-26(25)36-3)28(29(34)31-23-12-7-5-6-8-13-23)32(27(33)19-30)20-22-11-9-10-14-24(22)35-2/h9-11,14-16,18,23,28H,4-8,12-13,17,19-20H2,1-3H3,(H,31,34)/t28-/m1/s1. The van der Waals surface area contributed by atoms with Gasteiger partial charge < -0.3 is 24.4 Å². The second kappa shape index (κ2) is 14.7. The molecule has 2 amide bonds. The number of hydrogen-bond donors (Lipinski definition) is 1. The minimum atomic E-state index is -0.909. The van der Waals surface area contributed by atoms with Gasteiger partial charge in [0, 0.05) is 11.6 Å². The zero-order valence-electron chi connectivity index (χ0n) is 22.1. The zero-order valence-corrected chi connectivity index (χ0v) is 22.9. The third-order valence-corrected chi connectivity index (χ3v) is 6.92. The highest BCUT2D eigenvalue weighted by atomic mass is 35.5. The average Bonchev–Trinajstić information content (AvgIpc) is 3.20. The van der Waals surface area contributed by atoms with Crippen molar-refractivity contribution in [1.29, 1.82) is 0 Å². The average molecular weight is 531 g/mol. The number of ether oxygens (including phenoxy) is 3. The fraction of sp³-hybridized carbons (Fsp3) is 0.517. The molecule has 202 valence electrons. The Kier molecular flexibility index (Phi) is 11.4. The predicted octanol–water partition coefficient (Wildman–Crippen LogP) is 5.64. The van der Waals surface area contributed by atoms with Crippen LogP contribution in [0.3, 0.4) is 0 Å². The number of nitrogens with one attached hydrogen (secondary N) is 1. The highest BCUT2D eigenvalue weighted by Gasteiger charge is 2.33. The van der Waals surface area contributed by atoms with E-state index in [1.54, 1.807) is 26.4 Å². The highest BCUT2D eigenvalue weighted by molar-refractivity contribution is 6.27. The Labute approximate surface area is 225 Å². The number of benzene rings is 2. The van der Waals surface area contributed by atoms with Gasteiger partial charge in [-0.15, -0.1) is 11.6 Å². The van der Waals surface area contributed by atoms with E-state index in [4.69, 9.17) is 25.8 Å². The van der Waals surface area contributed by atoms with Crippen LogP contribution < -0.4 is 19.5 Å². The molecule has 0 saturated heterocycles. The van der Waals surface area contributed by atoms with Gasteiger partial charge in [0.25, 0.3) is 0 Å². The second-order valence-corrected chi connectivity index (χ2v) is 9.59. The number of alkyl halides is 1. The van der Waals surface area contributed by atoms with E-state index < -0.39 is 6.04 Å². The summed E-state index contributed by atoms with van der Waals surface area (Å²) >= 11 is 6.08. The lowest BCUT2D eigenvalue weighted by Crippen LogP contribution is -2.46. The molecule has 1 saturated carbocycles. The van der Waals surface area contributed by atoms with Gasteiger partial charge in [-0.25, -0.2) is 0 Å².